The van der Waals surface area contributed by atoms with Crippen molar-refractivity contribution in [2.75, 3.05) is 43.1 Å². The summed E-state index contributed by atoms with van der Waals surface area (Å²) in [6.45, 7) is 2.75. The predicted octanol–water partition coefficient (Wildman–Crippen LogP) is 2.20. The van der Waals surface area contributed by atoms with Crippen molar-refractivity contribution >= 4 is 34.2 Å². The van der Waals surface area contributed by atoms with E-state index in [2.05, 4.69) is 20.4 Å². The Morgan fingerprint density at radius 3 is 2.64 bits per heavy atom. The molecule has 28 heavy (non-hydrogen) atoms. The molecule has 1 amide bonds. The molecule has 2 aromatic carbocycles. The van der Waals surface area contributed by atoms with E-state index >= 15 is 0 Å². The number of ether oxygens (including phenoxy) is 2. The van der Waals surface area contributed by atoms with Crippen molar-refractivity contribution in [2.24, 2.45) is 0 Å². The molecule has 1 aromatic heterocycles. The van der Waals surface area contributed by atoms with Crippen LogP contribution in [-0.2, 0) is 14.3 Å². The van der Waals surface area contributed by atoms with E-state index in [0.717, 1.165) is 37.5 Å². The lowest BCUT2D eigenvalue weighted by atomic mass is 10.2. The quantitative estimate of drug-likeness (QED) is 0.659. The molecule has 1 fully saturated rings. The largest absolute Gasteiger partial charge is 0.451 e. The highest BCUT2D eigenvalue weighted by molar-refractivity contribution is 6.03. The van der Waals surface area contributed by atoms with Gasteiger partial charge in [-0.3, -0.25) is 9.89 Å². The normalized spacial score (nSPS) is 14.1. The van der Waals surface area contributed by atoms with Crippen LogP contribution in [0.3, 0.4) is 0 Å². The average molecular weight is 380 g/mol. The number of fused-ring (bicyclic) bond motifs is 1. The summed E-state index contributed by atoms with van der Waals surface area (Å²) in [7, 11) is 0. The van der Waals surface area contributed by atoms with Gasteiger partial charge in [0.2, 0.25) is 0 Å². The number of hydrogen-bond acceptors (Lipinski definition) is 6. The molecule has 2 heterocycles. The number of amides is 1. The van der Waals surface area contributed by atoms with Gasteiger partial charge >= 0.3 is 5.97 Å². The highest BCUT2D eigenvalue weighted by atomic mass is 16.5. The SMILES string of the molecule is O=C(COC(=O)c1n[nH]c2ccccc12)Nc1ccc(N2CCOCC2)cc1. The molecule has 1 aliphatic heterocycles. The van der Waals surface area contributed by atoms with E-state index in [1.54, 1.807) is 6.07 Å². The van der Waals surface area contributed by atoms with E-state index in [9.17, 15) is 9.59 Å². The number of esters is 1. The van der Waals surface area contributed by atoms with Crippen molar-refractivity contribution in [1.29, 1.82) is 0 Å². The van der Waals surface area contributed by atoms with Crippen LogP contribution in [0.4, 0.5) is 11.4 Å². The van der Waals surface area contributed by atoms with E-state index in [1.807, 2.05) is 42.5 Å². The first-order valence-electron chi connectivity index (χ1n) is 9.03. The minimum atomic E-state index is -0.643. The molecule has 3 aromatic rings. The maximum atomic E-state index is 12.2. The Morgan fingerprint density at radius 1 is 1.11 bits per heavy atom. The van der Waals surface area contributed by atoms with E-state index in [4.69, 9.17) is 9.47 Å². The molecular formula is C20H20N4O4. The fourth-order valence-electron chi connectivity index (χ4n) is 3.09. The molecule has 2 N–H and O–H groups in total. The van der Waals surface area contributed by atoms with Crippen LogP contribution in [0.5, 0.6) is 0 Å². The first-order valence-corrected chi connectivity index (χ1v) is 9.03. The molecule has 0 bridgehead atoms. The number of aromatic nitrogens is 2. The maximum absolute atomic E-state index is 12.2. The van der Waals surface area contributed by atoms with Crippen LogP contribution in [0.25, 0.3) is 10.9 Å². The summed E-state index contributed by atoms with van der Waals surface area (Å²) in [5.74, 6) is -1.05. The van der Waals surface area contributed by atoms with Crippen LogP contribution >= 0.6 is 0 Å². The second-order valence-electron chi connectivity index (χ2n) is 6.39. The Morgan fingerprint density at radius 2 is 1.86 bits per heavy atom. The number of aromatic amines is 1. The van der Waals surface area contributed by atoms with E-state index in [1.165, 1.54) is 0 Å². The smallest absolute Gasteiger partial charge is 0.359 e. The van der Waals surface area contributed by atoms with Crippen LogP contribution in [-0.4, -0.2) is 55.0 Å². The topological polar surface area (TPSA) is 96.6 Å². The highest BCUT2D eigenvalue weighted by Crippen LogP contribution is 2.19. The van der Waals surface area contributed by atoms with Crippen molar-refractivity contribution in [1.82, 2.24) is 10.2 Å². The number of carbonyl (C=O) groups excluding carboxylic acids is 2. The summed E-state index contributed by atoms with van der Waals surface area (Å²) < 4.78 is 10.4. The number of benzene rings is 2. The Hall–Kier alpha value is -3.39. The van der Waals surface area contributed by atoms with E-state index in [-0.39, 0.29) is 12.3 Å². The minimum absolute atomic E-state index is 0.165. The lowest BCUT2D eigenvalue weighted by molar-refractivity contribution is -0.119. The van der Waals surface area contributed by atoms with Gasteiger partial charge < -0.3 is 19.7 Å². The zero-order chi connectivity index (χ0) is 19.3. The van der Waals surface area contributed by atoms with Gasteiger partial charge in [0.05, 0.1) is 18.7 Å². The fraction of sp³-hybridized carbons (Fsp3) is 0.250. The van der Waals surface area contributed by atoms with Gasteiger partial charge in [0.1, 0.15) is 0 Å². The molecule has 1 aliphatic rings. The highest BCUT2D eigenvalue weighted by Gasteiger charge is 2.17. The number of H-pyrrole nitrogens is 1. The molecule has 144 valence electrons. The van der Waals surface area contributed by atoms with Crippen LogP contribution in [0, 0.1) is 0 Å². The number of morpholine rings is 1. The molecule has 8 nitrogen and oxygen atoms in total. The number of hydrogen-bond donors (Lipinski definition) is 2. The van der Waals surface area contributed by atoms with Gasteiger partial charge in [-0.1, -0.05) is 18.2 Å². The van der Waals surface area contributed by atoms with Crippen molar-refractivity contribution < 1.29 is 19.1 Å². The summed E-state index contributed by atoms with van der Waals surface area (Å²) in [6.07, 6.45) is 0. The summed E-state index contributed by atoms with van der Waals surface area (Å²) in [5.41, 5.74) is 2.62. The van der Waals surface area contributed by atoms with Gasteiger partial charge in [0.25, 0.3) is 5.91 Å². The predicted molar refractivity (Wildman–Crippen MR) is 104 cm³/mol. The molecule has 8 heteroatoms. The first kappa shape index (κ1) is 18.0. The van der Waals surface area contributed by atoms with Crippen molar-refractivity contribution in [3.63, 3.8) is 0 Å². The Kier molecular flexibility index (Phi) is 5.20. The average Bonchev–Trinajstić information content (AvgIpc) is 3.17. The number of anilines is 2. The third-order valence-corrected chi connectivity index (χ3v) is 4.53. The molecule has 0 atom stereocenters. The Balaban J connectivity index is 1.31. The maximum Gasteiger partial charge on any atom is 0.359 e. The van der Waals surface area contributed by atoms with Crippen molar-refractivity contribution in [2.45, 2.75) is 0 Å². The third-order valence-electron chi connectivity index (χ3n) is 4.53. The molecule has 4 rings (SSSR count). The van der Waals surface area contributed by atoms with Gasteiger partial charge in [-0.25, -0.2) is 4.79 Å². The molecule has 0 spiro atoms. The summed E-state index contributed by atoms with van der Waals surface area (Å²) >= 11 is 0. The summed E-state index contributed by atoms with van der Waals surface area (Å²) in [4.78, 5) is 26.5. The van der Waals surface area contributed by atoms with Crippen LogP contribution in [0.2, 0.25) is 0 Å². The van der Waals surface area contributed by atoms with Crippen LogP contribution in [0.15, 0.2) is 48.5 Å². The lowest BCUT2D eigenvalue weighted by Gasteiger charge is -2.28. The van der Waals surface area contributed by atoms with Gasteiger partial charge in [-0.05, 0) is 30.3 Å². The van der Waals surface area contributed by atoms with Gasteiger partial charge in [-0.2, -0.15) is 5.10 Å². The summed E-state index contributed by atoms with van der Waals surface area (Å²) in [6, 6.07) is 14.8. The molecule has 0 saturated carbocycles. The molecule has 0 unspecified atom stereocenters. The fourth-order valence-corrected chi connectivity index (χ4v) is 3.09. The number of carbonyl (C=O) groups is 2. The van der Waals surface area contributed by atoms with Crippen molar-refractivity contribution in [3.05, 3.63) is 54.2 Å². The van der Waals surface area contributed by atoms with E-state index in [0.29, 0.717) is 11.1 Å². The second kappa shape index (κ2) is 8.10. The molecule has 0 radical (unpaired) electrons. The monoisotopic (exact) mass is 380 g/mol. The van der Waals surface area contributed by atoms with Gasteiger partial charge in [0, 0.05) is 29.9 Å². The number of nitrogens with zero attached hydrogens (tertiary/aromatic N) is 2. The zero-order valence-electron chi connectivity index (χ0n) is 15.2. The summed E-state index contributed by atoms with van der Waals surface area (Å²) in [5, 5.41) is 10.1. The van der Waals surface area contributed by atoms with Crippen molar-refractivity contribution in [3.8, 4) is 0 Å². The Labute approximate surface area is 161 Å². The minimum Gasteiger partial charge on any atom is -0.451 e. The number of rotatable bonds is 5. The first-order chi connectivity index (χ1) is 13.7. The number of nitrogens with one attached hydrogen (secondary N) is 2. The van der Waals surface area contributed by atoms with Crippen LogP contribution in [0.1, 0.15) is 10.5 Å². The second-order valence-corrected chi connectivity index (χ2v) is 6.39. The van der Waals surface area contributed by atoms with Gasteiger partial charge in [0.15, 0.2) is 12.3 Å². The van der Waals surface area contributed by atoms with E-state index < -0.39 is 11.9 Å². The van der Waals surface area contributed by atoms with Crippen LogP contribution < -0.4 is 10.2 Å². The molecular weight excluding hydrogens is 360 g/mol. The molecule has 1 saturated heterocycles. The Bertz CT molecular complexity index is 977. The zero-order valence-corrected chi connectivity index (χ0v) is 15.2. The van der Waals surface area contributed by atoms with Gasteiger partial charge in [-0.15, -0.1) is 0 Å². The standard InChI is InChI=1S/C20H20N4O4/c25-18(13-28-20(26)19-16-3-1-2-4-17(16)22-23-19)21-14-5-7-15(8-6-14)24-9-11-27-12-10-24/h1-8H,9-13H2,(H,21,25)(H,22,23). The third kappa shape index (κ3) is 3.96. The number of para-hydroxylation sites is 1. The molecule has 0 aliphatic carbocycles. The lowest BCUT2D eigenvalue weighted by Crippen LogP contribution is -2.36.